The molecule has 4 nitrogen and oxygen atoms in total. The summed E-state index contributed by atoms with van der Waals surface area (Å²) in [7, 11) is 0. The molecular weight excluding hydrogens is 354 g/mol. The third kappa shape index (κ3) is 4.09. The van der Waals surface area contributed by atoms with E-state index in [1.54, 1.807) is 11.8 Å². The average Bonchev–Trinajstić information content (AvgIpc) is 2.75. The minimum atomic E-state index is -0.587. The summed E-state index contributed by atoms with van der Waals surface area (Å²) in [6.45, 7) is 0. The highest BCUT2D eigenvalue weighted by Gasteiger charge is 2.37. The SMILES string of the molecule is NN=N[C@H](C=O)CSC(c1ccccc1)(c1ccccc1)c1ccccc1. The van der Waals surface area contributed by atoms with Gasteiger partial charge in [0, 0.05) is 5.75 Å². The zero-order chi connectivity index (χ0) is 19.0. The summed E-state index contributed by atoms with van der Waals surface area (Å²) in [5, 5.41) is 7.15. The molecule has 0 aliphatic rings. The second-order valence-electron chi connectivity index (χ2n) is 6.02. The van der Waals surface area contributed by atoms with Crippen molar-refractivity contribution in [1.29, 1.82) is 0 Å². The summed E-state index contributed by atoms with van der Waals surface area (Å²) >= 11 is 1.66. The number of nitrogens with zero attached hydrogens (tertiary/aromatic N) is 2. The molecule has 136 valence electrons. The maximum atomic E-state index is 11.4. The zero-order valence-electron chi connectivity index (χ0n) is 14.8. The quantitative estimate of drug-likeness (QED) is 0.206. The van der Waals surface area contributed by atoms with E-state index >= 15 is 0 Å². The van der Waals surface area contributed by atoms with Gasteiger partial charge in [-0.1, -0.05) is 96.2 Å². The van der Waals surface area contributed by atoms with E-state index < -0.39 is 10.8 Å². The van der Waals surface area contributed by atoms with Crippen molar-refractivity contribution in [3.8, 4) is 0 Å². The van der Waals surface area contributed by atoms with Crippen LogP contribution in [-0.4, -0.2) is 18.1 Å². The Kier molecular flexibility index (Phi) is 6.39. The van der Waals surface area contributed by atoms with Crippen LogP contribution in [0.5, 0.6) is 0 Å². The van der Waals surface area contributed by atoms with Crippen molar-refractivity contribution in [3.05, 3.63) is 108 Å². The summed E-state index contributed by atoms with van der Waals surface area (Å²) in [5.74, 6) is 5.63. The maximum absolute atomic E-state index is 11.4. The minimum absolute atomic E-state index is 0.461. The number of carbonyl (C=O) groups is 1. The molecule has 0 radical (unpaired) electrons. The molecule has 27 heavy (non-hydrogen) atoms. The van der Waals surface area contributed by atoms with Crippen LogP contribution in [0.3, 0.4) is 0 Å². The standard InChI is InChI=1S/C22H21N3OS/c23-25-24-21(16-26)17-27-22(18-10-4-1-5-11-18,19-12-6-2-7-13-19)20-14-8-3-9-15-20/h1-16,21H,17H2,(H2,23,24)/t21-/m1/s1. The van der Waals surface area contributed by atoms with Crippen LogP contribution in [0.4, 0.5) is 0 Å². The van der Waals surface area contributed by atoms with Gasteiger partial charge in [0.2, 0.25) is 0 Å². The van der Waals surface area contributed by atoms with Gasteiger partial charge in [0.15, 0.2) is 0 Å². The monoisotopic (exact) mass is 375 g/mol. The van der Waals surface area contributed by atoms with Crippen LogP contribution in [0.1, 0.15) is 16.7 Å². The minimum Gasteiger partial charge on any atom is -0.305 e. The first-order valence-corrected chi connectivity index (χ1v) is 9.65. The number of aldehydes is 1. The second kappa shape index (κ2) is 9.14. The van der Waals surface area contributed by atoms with E-state index in [0.29, 0.717) is 5.75 Å². The molecule has 0 fully saturated rings. The molecule has 0 saturated carbocycles. The van der Waals surface area contributed by atoms with Crippen LogP contribution in [0.25, 0.3) is 0 Å². The molecule has 0 aliphatic heterocycles. The molecule has 0 amide bonds. The number of nitrogens with two attached hydrogens (primary N) is 1. The topological polar surface area (TPSA) is 67.8 Å². The van der Waals surface area contributed by atoms with Gasteiger partial charge < -0.3 is 10.6 Å². The Labute approximate surface area is 163 Å². The lowest BCUT2D eigenvalue weighted by Crippen LogP contribution is -2.28. The number of carbonyl (C=O) groups excluding carboxylic acids is 1. The first-order chi connectivity index (χ1) is 13.3. The Morgan fingerprint density at radius 2 is 1.22 bits per heavy atom. The van der Waals surface area contributed by atoms with Crippen LogP contribution < -0.4 is 5.84 Å². The number of rotatable bonds is 8. The fourth-order valence-corrected chi connectivity index (χ4v) is 4.64. The van der Waals surface area contributed by atoms with E-state index in [1.807, 2.05) is 54.6 Å². The fourth-order valence-electron chi connectivity index (χ4n) is 3.16. The normalized spacial score (nSPS) is 12.7. The molecule has 0 spiro atoms. The molecule has 0 unspecified atom stereocenters. The third-order valence-electron chi connectivity index (χ3n) is 4.38. The number of benzene rings is 3. The van der Waals surface area contributed by atoms with Crippen molar-refractivity contribution in [2.45, 2.75) is 10.8 Å². The van der Waals surface area contributed by atoms with Crippen molar-refractivity contribution in [2.24, 2.45) is 16.2 Å². The van der Waals surface area contributed by atoms with Gasteiger partial charge in [-0.25, -0.2) is 0 Å². The van der Waals surface area contributed by atoms with Crippen molar-refractivity contribution in [1.82, 2.24) is 0 Å². The fraction of sp³-hybridized carbons (Fsp3) is 0.136. The van der Waals surface area contributed by atoms with Gasteiger partial charge in [0.1, 0.15) is 12.3 Å². The highest BCUT2D eigenvalue weighted by Crippen LogP contribution is 2.48. The molecule has 0 saturated heterocycles. The van der Waals surface area contributed by atoms with Gasteiger partial charge in [-0.2, -0.15) is 5.11 Å². The summed E-state index contributed by atoms with van der Waals surface area (Å²) in [6, 6.07) is 30.4. The summed E-state index contributed by atoms with van der Waals surface area (Å²) < 4.78 is -0.477. The average molecular weight is 375 g/mol. The highest BCUT2D eigenvalue weighted by molar-refractivity contribution is 8.00. The molecule has 1 atom stereocenters. The van der Waals surface area contributed by atoms with Gasteiger partial charge in [0.25, 0.3) is 0 Å². The van der Waals surface area contributed by atoms with E-state index in [9.17, 15) is 4.79 Å². The first-order valence-electron chi connectivity index (χ1n) is 8.67. The zero-order valence-corrected chi connectivity index (χ0v) is 15.6. The number of hydrogen-bond acceptors (Lipinski definition) is 4. The van der Waals surface area contributed by atoms with Crippen LogP contribution in [0.15, 0.2) is 101 Å². The largest absolute Gasteiger partial charge is 0.305 e. The van der Waals surface area contributed by atoms with E-state index in [4.69, 9.17) is 5.84 Å². The lowest BCUT2D eigenvalue weighted by molar-refractivity contribution is -0.108. The molecule has 0 aliphatic carbocycles. The maximum Gasteiger partial charge on any atom is 0.147 e. The lowest BCUT2D eigenvalue weighted by atomic mass is 9.84. The van der Waals surface area contributed by atoms with Crippen molar-refractivity contribution >= 4 is 18.0 Å². The van der Waals surface area contributed by atoms with Crippen molar-refractivity contribution in [2.75, 3.05) is 5.75 Å². The molecule has 3 aromatic rings. The Bertz CT molecular complexity index is 773. The van der Waals surface area contributed by atoms with E-state index in [0.717, 1.165) is 23.0 Å². The van der Waals surface area contributed by atoms with Gasteiger partial charge in [0.05, 0.1) is 4.75 Å². The highest BCUT2D eigenvalue weighted by atomic mass is 32.2. The van der Waals surface area contributed by atoms with Crippen LogP contribution in [-0.2, 0) is 9.54 Å². The molecular formula is C22H21N3OS. The summed E-state index contributed by atoms with van der Waals surface area (Å²) in [5.41, 5.74) is 3.42. The predicted molar refractivity (Wildman–Crippen MR) is 111 cm³/mol. The Hall–Kier alpha value is -2.92. The molecule has 0 heterocycles. The summed E-state index contributed by atoms with van der Waals surface area (Å²) in [4.78, 5) is 11.4. The van der Waals surface area contributed by atoms with Crippen LogP contribution >= 0.6 is 11.8 Å². The van der Waals surface area contributed by atoms with E-state index in [2.05, 4.69) is 46.7 Å². The summed E-state index contributed by atoms with van der Waals surface area (Å²) in [6.07, 6.45) is 0.787. The Morgan fingerprint density at radius 1 is 0.815 bits per heavy atom. The van der Waals surface area contributed by atoms with Crippen LogP contribution in [0.2, 0.25) is 0 Å². The molecule has 2 N–H and O–H groups in total. The Morgan fingerprint density at radius 3 is 1.56 bits per heavy atom. The predicted octanol–water partition coefficient (Wildman–Crippen LogP) is 4.61. The first kappa shape index (κ1) is 18.9. The van der Waals surface area contributed by atoms with Crippen molar-refractivity contribution in [3.63, 3.8) is 0 Å². The molecule has 3 aromatic carbocycles. The van der Waals surface area contributed by atoms with Gasteiger partial charge in [-0.05, 0) is 16.7 Å². The molecule has 0 aromatic heterocycles. The molecule has 0 bridgehead atoms. The van der Waals surface area contributed by atoms with Gasteiger partial charge in [-0.3, -0.25) is 0 Å². The Balaban J connectivity index is 2.18. The van der Waals surface area contributed by atoms with Gasteiger partial charge >= 0.3 is 0 Å². The molecule has 5 heteroatoms. The third-order valence-corrected chi connectivity index (χ3v) is 6.03. The number of hydrogen-bond donors (Lipinski definition) is 1. The van der Waals surface area contributed by atoms with E-state index in [-0.39, 0.29) is 0 Å². The second-order valence-corrected chi connectivity index (χ2v) is 7.26. The van der Waals surface area contributed by atoms with E-state index in [1.165, 1.54) is 0 Å². The van der Waals surface area contributed by atoms with Crippen molar-refractivity contribution < 1.29 is 4.79 Å². The number of thioether (sulfide) groups is 1. The lowest BCUT2D eigenvalue weighted by Gasteiger charge is -2.35. The van der Waals surface area contributed by atoms with Crippen LogP contribution in [0, 0.1) is 0 Å². The smallest absolute Gasteiger partial charge is 0.147 e. The molecule has 3 rings (SSSR count). The van der Waals surface area contributed by atoms with Gasteiger partial charge in [-0.15, -0.1) is 11.8 Å².